The molecular weight excluding hydrogens is 276 g/mol. The fourth-order valence-electron chi connectivity index (χ4n) is 2.76. The van der Waals surface area contributed by atoms with Crippen LogP contribution in [0.25, 0.3) is 0 Å². The summed E-state index contributed by atoms with van der Waals surface area (Å²) in [7, 11) is -1.62. The summed E-state index contributed by atoms with van der Waals surface area (Å²) in [6, 6.07) is 0.0432. The van der Waals surface area contributed by atoms with Crippen molar-refractivity contribution in [3.63, 3.8) is 0 Å². The second-order valence-electron chi connectivity index (χ2n) is 5.29. The molecule has 0 radical (unpaired) electrons. The molecule has 1 aromatic heterocycles. The smallest absolute Gasteiger partial charge is 0.262 e. The van der Waals surface area contributed by atoms with Crippen molar-refractivity contribution in [2.75, 3.05) is 20.1 Å². The summed E-state index contributed by atoms with van der Waals surface area (Å²) in [6.45, 7) is 6.00. The van der Waals surface area contributed by atoms with Crippen molar-refractivity contribution in [3.8, 4) is 0 Å². The van der Waals surface area contributed by atoms with E-state index in [2.05, 4.69) is 17.2 Å². The number of hydrogen-bond donors (Lipinski definition) is 1. The van der Waals surface area contributed by atoms with Gasteiger partial charge in [0.15, 0.2) is 5.03 Å². The van der Waals surface area contributed by atoms with Crippen molar-refractivity contribution in [1.29, 1.82) is 0 Å². The van der Waals surface area contributed by atoms with E-state index in [1.54, 1.807) is 10.5 Å². The quantitative estimate of drug-likeness (QED) is 0.850. The van der Waals surface area contributed by atoms with Crippen LogP contribution in [0.3, 0.4) is 0 Å². The van der Waals surface area contributed by atoms with E-state index < -0.39 is 10.0 Å². The van der Waals surface area contributed by atoms with Crippen molar-refractivity contribution >= 4 is 10.0 Å². The zero-order valence-corrected chi connectivity index (χ0v) is 13.3. The van der Waals surface area contributed by atoms with Crippen molar-refractivity contribution < 1.29 is 8.42 Å². The van der Waals surface area contributed by atoms with Gasteiger partial charge < -0.3 is 9.88 Å². The molecule has 0 aliphatic carbocycles. The Morgan fingerprint density at radius 1 is 1.50 bits per heavy atom. The van der Waals surface area contributed by atoms with Gasteiger partial charge in [0.2, 0.25) is 0 Å². The monoisotopic (exact) mass is 300 g/mol. The number of hydrogen-bond acceptors (Lipinski definition) is 4. The van der Waals surface area contributed by atoms with Crippen LogP contribution in [0.15, 0.2) is 11.2 Å². The normalized spacial score (nSPS) is 20.6. The molecule has 1 fully saturated rings. The van der Waals surface area contributed by atoms with Crippen molar-refractivity contribution in [2.45, 2.75) is 50.7 Å². The van der Waals surface area contributed by atoms with Gasteiger partial charge in [-0.2, -0.15) is 4.31 Å². The van der Waals surface area contributed by atoms with Crippen LogP contribution >= 0.6 is 0 Å². The van der Waals surface area contributed by atoms with Crippen LogP contribution in [0.2, 0.25) is 0 Å². The second kappa shape index (κ2) is 6.24. The molecule has 1 unspecified atom stereocenters. The number of sulfonamides is 1. The SMILES string of the molecule is CCCn1cc(S(=O)(=O)N2CCCC2CNC)nc1C. The molecule has 1 aromatic rings. The first-order valence-corrected chi connectivity index (χ1v) is 8.65. The molecule has 0 bridgehead atoms. The van der Waals surface area contributed by atoms with Gasteiger partial charge in [-0.1, -0.05) is 6.92 Å². The third-order valence-corrected chi connectivity index (χ3v) is 5.58. The van der Waals surface area contributed by atoms with Crippen LogP contribution < -0.4 is 5.32 Å². The molecule has 0 amide bonds. The first kappa shape index (κ1) is 15.5. The number of nitrogens with one attached hydrogen (secondary N) is 1. The van der Waals surface area contributed by atoms with Crippen LogP contribution in [0.4, 0.5) is 0 Å². The summed E-state index contributed by atoms with van der Waals surface area (Å²) in [6.07, 6.45) is 4.46. The van der Waals surface area contributed by atoms with Gasteiger partial charge in [-0.15, -0.1) is 0 Å². The van der Waals surface area contributed by atoms with E-state index in [0.29, 0.717) is 13.1 Å². The van der Waals surface area contributed by atoms with Crippen LogP contribution in [0.5, 0.6) is 0 Å². The number of imidazole rings is 1. The lowest BCUT2D eigenvalue weighted by atomic mass is 10.2. The number of aryl methyl sites for hydroxylation is 2. The Hall–Kier alpha value is -0.920. The van der Waals surface area contributed by atoms with Gasteiger partial charge in [0.1, 0.15) is 5.82 Å². The standard InChI is InChI=1S/C13H24N4O2S/c1-4-7-16-10-13(15-11(16)2)20(18,19)17-8-5-6-12(17)9-14-3/h10,12,14H,4-9H2,1-3H3. The second-order valence-corrected chi connectivity index (χ2v) is 7.13. The molecule has 7 heteroatoms. The minimum absolute atomic E-state index is 0.0432. The highest BCUT2D eigenvalue weighted by atomic mass is 32.2. The Morgan fingerprint density at radius 3 is 2.90 bits per heavy atom. The number of aromatic nitrogens is 2. The fraction of sp³-hybridized carbons (Fsp3) is 0.769. The van der Waals surface area contributed by atoms with Gasteiger partial charge in [0.25, 0.3) is 10.0 Å². The van der Waals surface area contributed by atoms with Crippen molar-refractivity contribution in [3.05, 3.63) is 12.0 Å². The Kier molecular flexibility index (Phi) is 4.82. The molecule has 6 nitrogen and oxygen atoms in total. The minimum atomic E-state index is -3.47. The summed E-state index contributed by atoms with van der Waals surface area (Å²) < 4.78 is 28.9. The van der Waals surface area contributed by atoms with E-state index in [4.69, 9.17) is 0 Å². The Labute approximate surface area is 121 Å². The summed E-state index contributed by atoms with van der Waals surface area (Å²) in [5.74, 6) is 0.759. The highest BCUT2D eigenvalue weighted by Gasteiger charge is 2.36. The van der Waals surface area contributed by atoms with E-state index in [1.807, 2.05) is 18.5 Å². The molecule has 1 N–H and O–H groups in total. The van der Waals surface area contributed by atoms with Crippen LogP contribution in [-0.2, 0) is 16.6 Å². The lowest BCUT2D eigenvalue weighted by Crippen LogP contribution is -2.40. The van der Waals surface area contributed by atoms with Crippen molar-refractivity contribution in [2.24, 2.45) is 0 Å². The number of likely N-dealkylation sites (N-methyl/N-ethyl adjacent to an activating group) is 1. The summed E-state index contributed by atoms with van der Waals surface area (Å²) in [5, 5.41) is 3.25. The average molecular weight is 300 g/mol. The maximum absolute atomic E-state index is 12.7. The molecule has 2 rings (SSSR count). The van der Waals surface area contributed by atoms with Crippen LogP contribution in [-0.4, -0.2) is 48.5 Å². The molecule has 1 aliphatic rings. The largest absolute Gasteiger partial charge is 0.334 e. The summed E-state index contributed by atoms with van der Waals surface area (Å²) in [5.41, 5.74) is 0. The fourth-order valence-corrected chi connectivity index (χ4v) is 4.45. The van der Waals surface area contributed by atoms with Crippen LogP contribution in [0, 0.1) is 6.92 Å². The first-order chi connectivity index (χ1) is 9.50. The third-order valence-electron chi connectivity index (χ3n) is 3.75. The number of nitrogens with zero attached hydrogens (tertiary/aromatic N) is 3. The van der Waals surface area contributed by atoms with Crippen LogP contribution in [0.1, 0.15) is 32.0 Å². The Bertz CT molecular complexity index is 553. The molecule has 20 heavy (non-hydrogen) atoms. The molecular formula is C13H24N4O2S. The molecule has 1 atom stereocenters. The van der Waals surface area contributed by atoms with Gasteiger partial charge >= 0.3 is 0 Å². The molecule has 1 saturated heterocycles. The summed E-state index contributed by atoms with van der Waals surface area (Å²) >= 11 is 0. The zero-order chi connectivity index (χ0) is 14.8. The van der Waals surface area contributed by atoms with Gasteiger partial charge in [0.05, 0.1) is 0 Å². The summed E-state index contributed by atoms with van der Waals surface area (Å²) in [4.78, 5) is 4.25. The predicted octanol–water partition coefficient (Wildman–Crippen LogP) is 0.974. The van der Waals surface area contributed by atoms with E-state index in [9.17, 15) is 8.42 Å². The lowest BCUT2D eigenvalue weighted by Gasteiger charge is -2.22. The maximum atomic E-state index is 12.7. The van der Waals surface area contributed by atoms with Gasteiger partial charge in [0, 0.05) is 31.9 Å². The molecule has 0 spiro atoms. The highest BCUT2D eigenvalue weighted by molar-refractivity contribution is 7.89. The maximum Gasteiger partial charge on any atom is 0.262 e. The van der Waals surface area contributed by atoms with Gasteiger partial charge in [-0.25, -0.2) is 13.4 Å². The van der Waals surface area contributed by atoms with E-state index >= 15 is 0 Å². The van der Waals surface area contributed by atoms with Crippen molar-refractivity contribution in [1.82, 2.24) is 19.2 Å². The molecule has 114 valence electrons. The molecule has 2 heterocycles. The molecule has 1 aliphatic heterocycles. The van der Waals surface area contributed by atoms with Gasteiger partial charge in [-0.05, 0) is 33.2 Å². The Balaban J connectivity index is 2.27. The van der Waals surface area contributed by atoms with E-state index in [0.717, 1.165) is 31.6 Å². The molecule has 0 aromatic carbocycles. The number of rotatable bonds is 6. The van der Waals surface area contributed by atoms with Gasteiger partial charge in [-0.3, -0.25) is 0 Å². The van der Waals surface area contributed by atoms with E-state index in [-0.39, 0.29) is 11.1 Å². The highest BCUT2D eigenvalue weighted by Crippen LogP contribution is 2.25. The third kappa shape index (κ3) is 2.89. The first-order valence-electron chi connectivity index (χ1n) is 7.21. The zero-order valence-electron chi connectivity index (χ0n) is 12.5. The topological polar surface area (TPSA) is 67.2 Å². The molecule has 0 saturated carbocycles. The predicted molar refractivity (Wildman–Crippen MR) is 78.1 cm³/mol. The average Bonchev–Trinajstić information content (AvgIpc) is 2.99. The lowest BCUT2D eigenvalue weighted by molar-refractivity contribution is 0.378. The Morgan fingerprint density at radius 2 is 2.25 bits per heavy atom. The minimum Gasteiger partial charge on any atom is -0.334 e. The van der Waals surface area contributed by atoms with E-state index in [1.165, 1.54) is 0 Å².